The Balaban J connectivity index is 4.89. The molecule has 0 aromatic carbocycles. The fourth-order valence-corrected chi connectivity index (χ4v) is 1.07. The highest BCUT2D eigenvalue weighted by Crippen LogP contribution is 2.24. The number of carboxylic acid groups (broad SMARTS) is 1. The third-order valence-electron chi connectivity index (χ3n) is 2.05. The second-order valence-corrected chi connectivity index (χ2v) is 3.06. The van der Waals surface area contributed by atoms with E-state index in [0.29, 0.717) is 6.42 Å². The molecule has 0 aromatic heterocycles. The number of hydrogen-bond acceptors (Lipinski definition) is 3. The highest BCUT2D eigenvalue weighted by molar-refractivity contribution is 5.87. The van der Waals surface area contributed by atoms with Gasteiger partial charge in [-0.2, -0.15) is 0 Å². The van der Waals surface area contributed by atoms with Crippen LogP contribution in [0.1, 0.15) is 26.7 Å². The smallest absolute Gasteiger partial charge is 0.338 e. The standard InChI is InChI=1S/C8H13NO4/c1-4-5-8(3,9(12)13)6(2)7(10)11/h2,4-5H2,1,3H3,(H,10,11). The fourth-order valence-electron chi connectivity index (χ4n) is 1.07. The van der Waals surface area contributed by atoms with Gasteiger partial charge in [0.25, 0.3) is 5.54 Å². The summed E-state index contributed by atoms with van der Waals surface area (Å²) in [7, 11) is 0. The second kappa shape index (κ2) is 4.02. The largest absolute Gasteiger partial charge is 0.478 e. The zero-order chi connectivity index (χ0) is 10.6. The van der Waals surface area contributed by atoms with Crippen LogP contribution < -0.4 is 0 Å². The molecule has 1 atom stereocenters. The molecule has 0 aromatic rings. The molecular formula is C8H13NO4. The van der Waals surface area contributed by atoms with Gasteiger partial charge in [-0.3, -0.25) is 10.1 Å². The minimum Gasteiger partial charge on any atom is -0.478 e. The lowest BCUT2D eigenvalue weighted by molar-refractivity contribution is -0.553. The number of nitrogens with zero attached hydrogens (tertiary/aromatic N) is 1. The maximum absolute atomic E-state index is 10.6. The van der Waals surface area contributed by atoms with Crippen LogP contribution in [0.25, 0.3) is 0 Å². The predicted molar refractivity (Wildman–Crippen MR) is 47.1 cm³/mol. The summed E-state index contributed by atoms with van der Waals surface area (Å²) in [5.41, 5.74) is -1.90. The third-order valence-corrected chi connectivity index (χ3v) is 2.05. The highest BCUT2D eigenvalue weighted by atomic mass is 16.6. The number of carbonyl (C=O) groups is 1. The van der Waals surface area contributed by atoms with E-state index in [2.05, 4.69) is 6.58 Å². The number of carboxylic acids is 1. The van der Waals surface area contributed by atoms with Crippen molar-refractivity contribution in [2.24, 2.45) is 0 Å². The van der Waals surface area contributed by atoms with Gasteiger partial charge in [0.1, 0.15) is 5.57 Å². The lowest BCUT2D eigenvalue weighted by Crippen LogP contribution is -2.39. The molecule has 5 nitrogen and oxygen atoms in total. The molecule has 0 rings (SSSR count). The van der Waals surface area contributed by atoms with Crippen molar-refractivity contribution in [2.45, 2.75) is 32.2 Å². The first-order chi connectivity index (χ1) is 5.86. The van der Waals surface area contributed by atoms with E-state index in [0.717, 1.165) is 0 Å². The quantitative estimate of drug-likeness (QED) is 0.401. The Morgan fingerprint density at radius 1 is 1.69 bits per heavy atom. The number of rotatable bonds is 5. The van der Waals surface area contributed by atoms with Crippen LogP contribution in [-0.4, -0.2) is 21.5 Å². The molecule has 5 heteroatoms. The van der Waals surface area contributed by atoms with Crippen LogP contribution in [0, 0.1) is 10.1 Å². The molecule has 0 radical (unpaired) electrons. The maximum atomic E-state index is 10.6. The maximum Gasteiger partial charge on any atom is 0.338 e. The summed E-state index contributed by atoms with van der Waals surface area (Å²) in [5.74, 6) is -1.31. The average molecular weight is 187 g/mol. The Morgan fingerprint density at radius 2 is 2.15 bits per heavy atom. The summed E-state index contributed by atoms with van der Waals surface area (Å²) < 4.78 is 0. The van der Waals surface area contributed by atoms with Gasteiger partial charge in [-0.25, -0.2) is 4.79 Å². The minimum atomic E-state index is -1.54. The first-order valence-electron chi connectivity index (χ1n) is 3.93. The monoisotopic (exact) mass is 187 g/mol. The van der Waals surface area contributed by atoms with E-state index in [9.17, 15) is 14.9 Å². The van der Waals surface area contributed by atoms with E-state index in [1.165, 1.54) is 6.92 Å². The van der Waals surface area contributed by atoms with Crippen LogP contribution in [-0.2, 0) is 4.79 Å². The Labute approximate surface area is 76.2 Å². The van der Waals surface area contributed by atoms with Crippen molar-refractivity contribution in [3.05, 3.63) is 22.3 Å². The molecule has 0 heterocycles. The van der Waals surface area contributed by atoms with E-state index in [1.54, 1.807) is 6.92 Å². The van der Waals surface area contributed by atoms with Gasteiger partial charge in [0.05, 0.1) is 0 Å². The zero-order valence-corrected chi connectivity index (χ0v) is 7.74. The van der Waals surface area contributed by atoms with Gasteiger partial charge in [0.15, 0.2) is 0 Å². The predicted octanol–water partition coefficient (Wildman–Crippen LogP) is 1.46. The van der Waals surface area contributed by atoms with Gasteiger partial charge in [-0.05, 0) is 6.42 Å². The van der Waals surface area contributed by atoms with Gasteiger partial charge >= 0.3 is 5.97 Å². The van der Waals surface area contributed by atoms with E-state index >= 15 is 0 Å². The SMILES string of the molecule is C=C(C(=O)O)C(C)(CCC)[N+](=O)[O-]. The van der Waals surface area contributed by atoms with Gasteiger partial charge in [0.2, 0.25) is 0 Å². The third kappa shape index (κ3) is 2.27. The van der Waals surface area contributed by atoms with Crippen LogP contribution in [0.5, 0.6) is 0 Å². The van der Waals surface area contributed by atoms with Crippen LogP contribution in [0.15, 0.2) is 12.2 Å². The molecule has 0 aliphatic heterocycles. The van der Waals surface area contributed by atoms with E-state index in [4.69, 9.17) is 5.11 Å². The molecule has 0 bridgehead atoms. The first-order valence-corrected chi connectivity index (χ1v) is 3.93. The second-order valence-electron chi connectivity index (χ2n) is 3.06. The van der Waals surface area contributed by atoms with Gasteiger partial charge in [0, 0.05) is 18.3 Å². The lowest BCUT2D eigenvalue weighted by Gasteiger charge is -2.19. The molecule has 0 saturated carbocycles. The van der Waals surface area contributed by atoms with E-state index in [-0.39, 0.29) is 12.0 Å². The Morgan fingerprint density at radius 3 is 2.38 bits per heavy atom. The van der Waals surface area contributed by atoms with Crippen molar-refractivity contribution in [3.63, 3.8) is 0 Å². The molecule has 0 saturated heterocycles. The summed E-state index contributed by atoms with van der Waals surface area (Å²) >= 11 is 0. The summed E-state index contributed by atoms with van der Waals surface area (Å²) in [5, 5.41) is 19.2. The summed E-state index contributed by atoms with van der Waals surface area (Å²) in [6, 6.07) is 0. The molecule has 0 aliphatic carbocycles. The molecule has 1 unspecified atom stereocenters. The Bertz CT molecular complexity index is 249. The number of nitro groups is 1. The van der Waals surface area contributed by atoms with Crippen molar-refractivity contribution in [1.82, 2.24) is 0 Å². The zero-order valence-electron chi connectivity index (χ0n) is 7.74. The highest BCUT2D eigenvalue weighted by Gasteiger charge is 2.42. The lowest BCUT2D eigenvalue weighted by atomic mass is 9.89. The van der Waals surface area contributed by atoms with Crippen molar-refractivity contribution in [3.8, 4) is 0 Å². The summed E-state index contributed by atoms with van der Waals surface area (Å²) in [4.78, 5) is 20.6. The molecule has 74 valence electrons. The molecule has 13 heavy (non-hydrogen) atoms. The normalized spacial score (nSPS) is 14.6. The molecule has 1 N–H and O–H groups in total. The van der Waals surface area contributed by atoms with Crippen molar-refractivity contribution in [1.29, 1.82) is 0 Å². The van der Waals surface area contributed by atoms with Crippen LogP contribution in [0.4, 0.5) is 0 Å². The van der Waals surface area contributed by atoms with Gasteiger partial charge in [-0.1, -0.05) is 13.5 Å². The van der Waals surface area contributed by atoms with Crippen LogP contribution >= 0.6 is 0 Å². The van der Waals surface area contributed by atoms with E-state index in [1.807, 2.05) is 0 Å². The topological polar surface area (TPSA) is 80.4 Å². The van der Waals surface area contributed by atoms with E-state index < -0.39 is 16.4 Å². The fraction of sp³-hybridized carbons (Fsp3) is 0.625. The Hall–Kier alpha value is -1.39. The van der Waals surface area contributed by atoms with Crippen molar-refractivity contribution in [2.75, 3.05) is 0 Å². The van der Waals surface area contributed by atoms with Crippen molar-refractivity contribution >= 4 is 5.97 Å². The molecular weight excluding hydrogens is 174 g/mol. The molecule has 0 spiro atoms. The summed E-state index contributed by atoms with van der Waals surface area (Å²) in [6.45, 7) is 6.27. The Kier molecular flexibility index (Phi) is 3.59. The number of hydrogen-bond donors (Lipinski definition) is 1. The van der Waals surface area contributed by atoms with Crippen molar-refractivity contribution < 1.29 is 14.8 Å². The van der Waals surface area contributed by atoms with Crippen LogP contribution in [0.3, 0.4) is 0 Å². The molecule has 0 fully saturated rings. The molecule has 0 amide bonds. The number of aliphatic carboxylic acids is 1. The summed E-state index contributed by atoms with van der Waals surface area (Å²) in [6.07, 6.45) is 0.731. The average Bonchev–Trinajstić information content (AvgIpc) is 2.02. The van der Waals surface area contributed by atoms with Crippen LogP contribution in [0.2, 0.25) is 0 Å². The van der Waals surface area contributed by atoms with Gasteiger partial charge in [-0.15, -0.1) is 0 Å². The minimum absolute atomic E-state index is 0.186. The van der Waals surface area contributed by atoms with Gasteiger partial charge < -0.3 is 5.11 Å². The molecule has 0 aliphatic rings. The first kappa shape index (κ1) is 11.6.